The quantitative estimate of drug-likeness (QED) is 0.0813. The molecule has 16 nitrogen and oxygen atoms in total. The van der Waals surface area contributed by atoms with Gasteiger partial charge in [0, 0.05) is 70.5 Å². The second kappa shape index (κ2) is 29.2. The number of carbonyl (C=O) groups excluding carboxylic acids is 5. The third-order valence-corrected chi connectivity index (χ3v) is 16.0. The first-order valence-corrected chi connectivity index (χ1v) is 27.2. The molecule has 3 N–H and O–H groups in total. The summed E-state index contributed by atoms with van der Waals surface area (Å²) in [6.07, 6.45) is 12.7. The minimum atomic E-state index is -2.45. The van der Waals surface area contributed by atoms with Gasteiger partial charge in [-0.3, -0.25) is 19.2 Å². The smallest absolute Gasteiger partial charge is 0.329 e. The summed E-state index contributed by atoms with van der Waals surface area (Å²) in [5, 5.41) is 33.0. The summed E-state index contributed by atoms with van der Waals surface area (Å²) >= 11 is 0. The number of Topliss-reactive ketones (excluding diaryl/α,β-unsaturated/α-hetero) is 3. The minimum absolute atomic E-state index is 0.00614. The van der Waals surface area contributed by atoms with E-state index in [1.54, 1.807) is 34.0 Å². The zero-order valence-corrected chi connectivity index (χ0v) is 45.2. The van der Waals surface area contributed by atoms with Gasteiger partial charge in [-0.25, -0.2) is 4.79 Å². The van der Waals surface area contributed by atoms with Crippen molar-refractivity contribution in [3.63, 3.8) is 0 Å². The SMILES string of the molecule is CO[C@@H]1C[C@H](C[C@@H](C)[C@@H]2CC(=O)[C@H](C)/C=C(\C)[C@@H](O)[C@@H](OC)C(=O)[C@H](C)C[C@H](C)/C=C/C=C/C=C(\C)C(OCC3COC3)C[C@@H]3CC[C@@H](C)[C@@](O)(O3)C(=O)C(=O)N3CCCCC3C(=O)O2)CC[C@H]1OCCCO. The van der Waals surface area contributed by atoms with Crippen LogP contribution in [0.1, 0.15) is 132 Å². The number of allylic oxidation sites excluding steroid dienone is 6. The Labute approximate surface area is 434 Å². The third kappa shape index (κ3) is 16.8. The number of aliphatic hydroxyl groups excluding tert-OH is 2. The Morgan fingerprint density at radius 2 is 1.60 bits per heavy atom. The van der Waals surface area contributed by atoms with Crippen LogP contribution in [0.4, 0.5) is 0 Å². The number of fused-ring (bicyclic) bond motifs is 3. The number of esters is 1. The first kappa shape index (κ1) is 60.4. The molecule has 1 amide bonds. The molecule has 1 aliphatic carbocycles. The summed E-state index contributed by atoms with van der Waals surface area (Å²) in [6, 6.07) is -1.15. The fourth-order valence-electron chi connectivity index (χ4n) is 11.1. The van der Waals surface area contributed by atoms with E-state index in [1.165, 1.54) is 12.0 Å². The molecule has 15 atom stereocenters. The van der Waals surface area contributed by atoms with Gasteiger partial charge in [0.1, 0.15) is 30.1 Å². The second-order valence-electron chi connectivity index (χ2n) is 22.0. The fraction of sp³-hybridized carbons (Fsp3) is 0.772. The van der Waals surface area contributed by atoms with Crippen molar-refractivity contribution in [2.75, 3.05) is 53.8 Å². The highest BCUT2D eigenvalue weighted by molar-refractivity contribution is 6.39. The standard InChI is InChI=1S/C57H89NO15/c1-35-16-11-10-12-17-36(2)48(71-34-43-32-69-33-43)30-44-21-19-41(7)57(66,73-44)54(63)55(64)58-23-14-13-18-45(58)56(65)72-49(38(4)28-42-20-22-47(50(29-42)67-8)70-25-15-24-59)31-46(60)37(3)27-40(6)52(62)53(68-9)51(61)39(5)26-35/h10-12,16-17,27,35,37-39,41-45,47-50,52-53,59,62,66H,13-15,18-26,28-34H2,1-9H3/b12-10+,16-11+,36-17+,40-27+/t35-,37-,38-,39-,41-,42+,44+,45?,47-,48?,49+,50-,52-,53+,57-/m1/s1. The zero-order valence-electron chi connectivity index (χ0n) is 45.2. The number of hydrogen-bond donors (Lipinski definition) is 3. The number of methoxy groups -OCH3 is 2. The molecule has 412 valence electrons. The van der Waals surface area contributed by atoms with Crippen LogP contribution in [-0.2, 0) is 57.1 Å². The van der Waals surface area contributed by atoms with E-state index in [0.717, 1.165) is 18.4 Å². The van der Waals surface area contributed by atoms with Gasteiger partial charge in [-0.15, -0.1) is 0 Å². The Morgan fingerprint density at radius 1 is 0.849 bits per heavy atom. The predicted octanol–water partition coefficient (Wildman–Crippen LogP) is 6.60. The Balaban J connectivity index is 1.46. The van der Waals surface area contributed by atoms with Crippen LogP contribution in [0.5, 0.6) is 0 Å². The van der Waals surface area contributed by atoms with Gasteiger partial charge in [0.25, 0.3) is 11.7 Å². The van der Waals surface area contributed by atoms with E-state index < -0.39 is 77.8 Å². The number of rotatable bonds is 12. The number of amides is 1. The number of cyclic esters (lactones) is 1. The van der Waals surface area contributed by atoms with E-state index in [4.69, 9.17) is 33.2 Å². The van der Waals surface area contributed by atoms with Gasteiger partial charge in [0.2, 0.25) is 5.79 Å². The molecule has 0 aromatic heterocycles. The number of carbonyl (C=O) groups is 5. The molecule has 1 saturated carbocycles. The molecule has 5 rings (SSSR count). The van der Waals surface area contributed by atoms with Crippen molar-refractivity contribution in [3.05, 3.63) is 47.6 Å². The van der Waals surface area contributed by atoms with Gasteiger partial charge in [-0.2, -0.15) is 0 Å². The maximum Gasteiger partial charge on any atom is 0.329 e. The van der Waals surface area contributed by atoms with Crippen LogP contribution >= 0.6 is 0 Å². The van der Waals surface area contributed by atoms with Crippen LogP contribution in [0.15, 0.2) is 47.6 Å². The van der Waals surface area contributed by atoms with Gasteiger partial charge < -0.3 is 53.4 Å². The van der Waals surface area contributed by atoms with E-state index in [-0.39, 0.29) is 73.4 Å². The number of piperidine rings is 1. The molecule has 0 aromatic carbocycles. The molecule has 5 aliphatic rings. The molecule has 2 unspecified atom stereocenters. The first-order valence-electron chi connectivity index (χ1n) is 27.2. The fourth-order valence-corrected chi connectivity index (χ4v) is 11.1. The minimum Gasteiger partial charge on any atom is -0.460 e. The van der Waals surface area contributed by atoms with Gasteiger partial charge in [0.05, 0.1) is 44.2 Å². The van der Waals surface area contributed by atoms with E-state index in [2.05, 4.69) is 0 Å². The van der Waals surface area contributed by atoms with Crippen LogP contribution in [0.2, 0.25) is 0 Å². The summed E-state index contributed by atoms with van der Waals surface area (Å²) in [5.74, 6) is -7.75. The first-order chi connectivity index (χ1) is 34.8. The molecule has 4 fully saturated rings. The largest absolute Gasteiger partial charge is 0.460 e. The molecule has 0 spiro atoms. The number of ether oxygens (including phenoxy) is 7. The lowest BCUT2D eigenvalue weighted by Crippen LogP contribution is -2.61. The van der Waals surface area contributed by atoms with Crippen LogP contribution in [0.3, 0.4) is 0 Å². The third-order valence-electron chi connectivity index (χ3n) is 16.0. The van der Waals surface area contributed by atoms with Crippen molar-refractivity contribution >= 4 is 29.2 Å². The molecule has 0 aromatic rings. The summed E-state index contributed by atoms with van der Waals surface area (Å²) in [4.78, 5) is 72.8. The van der Waals surface area contributed by atoms with Crippen LogP contribution in [-0.4, -0.2) is 158 Å². The average Bonchev–Trinajstić information content (AvgIpc) is 3.35. The Bertz CT molecular complexity index is 1940. The van der Waals surface area contributed by atoms with Crippen LogP contribution in [0.25, 0.3) is 0 Å². The number of aliphatic hydroxyl groups is 3. The lowest BCUT2D eigenvalue weighted by atomic mass is 9.78. The maximum absolute atomic E-state index is 14.6. The summed E-state index contributed by atoms with van der Waals surface area (Å²) in [6.45, 7) is 15.0. The lowest BCUT2D eigenvalue weighted by Gasteiger charge is -2.43. The molecule has 4 aliphatic heterocycles. The normalized spacial score (nSPS) is 38.5. The molecular weight excluding hydrogens is 939 g/mol. The molecule has 4 heterocycles. The predicted molar refractivity (Wildman–Crippen MR) is 274 cm³/mol. The van der Waals surface area contributed by atoms with E-state index in [0.29, 0.717) is 89.8 Å². The Morgan fingerprint density at radius 3 is 2.29 bits per heavy atom. The van der Waals surface area contributed by atoms with Crippen molar-refractivity contribution in [3.8, 4) is 0 Å². The van der Waals surface area contributed by atoms with Crippen molar-refractivity contribution in [1.82, 2.24) is 4.90 Å². The monoisotopic (exact) mass is 1030 g/mol. The van der Waals surface area contributed by atoms with Crippen molar-refractivity contribution in [1.29, 1.82) is 0 Å². The Kier molecular flexibility index (Phi) is 24.1. The zero-order chi connectivity index (χ0) is 53.4. The summed E-state index contributed by atoms with van der Waals surface area (Å²) in [7, 11) is 3.04. The maximum atomic E-state index is 14.6. The van der Waals surface area contributed by atoms with Crippen molar-refractivity contribution in [2.45, 2.75) is 186 Å². The van der Waals surface area contributed by atoms with E-state index in [9.17, 15) is 39.3 Å². The van der Waals surface area contributed by atoms with E-state index >= 15 is 0 Å². The van der Waals surface area contributed by atoms with Gasteiger partial charge in [0.15, 0.2) is 5.78 Å². The Hall–Kier alpha value is -3.45. The number of nitrogens with zero attached hydrogens (tertiary/aromatic N) is 1. The molecule has 0 radical (unpaired) electrons. The van der Waals surface area contributed by atoms with Crippen molar-refractivity contribution < 1.29 is 72.5 Å². The second-order valence-corrected chi connectivity index (χ2v) is 22.0. The summed E-state index contributed by atoms with van der Waals surface area (Å²) < 4.78 is 42.0. The van der Waals surface area contributed by atoms with E-state index in [1.807, 2.05) is 58.1 Å². The van der Waals surface area contributed by atoms with Crippen LogP contribution < -0.4 is 0 Å². The molecular formula is C57H89NO15. The molecule has 3 saturated heterocycles. The van der Waals surface area contributed by atoms with Crippen molar-refractivity contribution in [2.24, 2.45) is 41.4 Å². The topological polar surface area (TPSA) is 214 Å². The molecule has 16 heteroatoms. The highest BCUT2D eigenvalue weighted by Gasteiger charge is 2.53. The van der Waals surface area contributed by atoms with Crippen LogP contribution in [0, 0.1) is 41.4 Å². The molecule has 2 bridgehead atoms. The van der Waals surface area contributed by atoms with Gasteiger partial charge in [-0.1, -0.05) is 71.1 Å². The lowest BCUT2D eigenvalue weighted by molar-refractivity contribution is -0.266. The highest BCUT2D eigenvalue weighted by atomic mass is 16.6. The van der Waals surface area contributed by atoms with Gasteiger partial charge in [-0.05, 0) is 113 Å². The highest BCUT2D eigenvalue weighted by Crippen LogP contribution is 2.38. The molecule has 73 heavy (non-hydrogen) atoms. The average molecular weight is 1030 g/mol. The summed E-state index contributed by atoms with van der Waals surface area (Å²) in [5.41, 5.74) is 1.28. The number of hydrogen-bond acceptors (Lipinski definition) is 15. The van der Waals surface area contributed by atoms with Gasteiger partial charge >= 0.3 is 5.97 Å². The number of ketones is 3.